The number of hydrogen-bond donors (Lipinski definition) is 1. The molecule has 1 saturated heterocycles. The summed E-state index contributed by atoms with van der Waals surface area (Å²) < 4.78 is 5.08. The van der Waals surface area contributed by atoms with Gasteiger partial charge in [0.2, 0.25) is 11.8 Å². The third-order valence-corrected chi connectivity index (χ3v) is 4.90. The molecule has 0 radical (unpaired) electrons. The third kappa shape index (κ3) is 3.58. The highest BCUT2D eigenvalue weighted by Gasteiger charge is 2.38. The molecule has 0 spiro atoms. The van der Waals surface area contributed by atoms with E-state index in [1.165, 1.54) is 14.1 Å². The predicted molar refractivity (Wildman–Crippen MR) is 96.9 cm³/mol. The SMILES string of the molecule is O=C1CCC(N2Cc3cc(C#CCOSI)ccc3C2=O)C(=O)N1. The molecular weight excluding hydrogens is 443 g/mol. The molecule has 1 aromatic rings. The second-order valence-electron chi connectivity index (χ2n) is 5.40. The normalized spacial score (nSPS) is 19.6. The third-order valence-electron chi connectivity index (χ3n) is 3.93. The number of nitrogens with one attached hydrogen (secondary N) is 1. The lowest BCUT2D eigenvalue weighted by Crippen LogP contribution is -2.52. The number of benzene rings is 1. The highest BCUT2D eigenvalue weighted by atomic mass is 127. The maximum absolute atomic E-state index is 12.5. The first-order valence-corrected chi connectivity index (χ1v) is 10.5. The van der Waals surface area contributed by atoms with Crippen molar-refractivity contribution in [3.63, 3.8) is 0 Å². The van der Waals surface area contributed by atoms with Crippen molar-refractivity contribution in [3.8, 4) is 11.8 Å². The number of piperidine rings is 1. The van der Waals surface area contributed by atoms with Gasteiger partial charge >= 0.3 is 0 Å². The average Bonchev–Trinajstić information content (AvgIpc) is 2.88. The lowest BCUT2D eigenvalue weighted by molar-refractivity contribution is -0.136. The number of amides is 3. The molecule has 24 heavy (non-hydrogen) atoms. The van der Waals surface area contributed by atoms with Gasteiger partial charge in [0.1, 0.15) is 12.6 Å². The van der Waals surface area contributed by atoms with Crippen LogP contribution >= 0.6 is 30.4 Å². The zero-order valence-corrected chi connectivity index (χ0v) is 15.5. The molecule has 0 saturated carbocycles. The van der Waals surface area contributed by atoms with Gasteiger partial charge in [-0.1, -0.05) is 11.8 Å². The minimum absolute atomic E-state index is 0.177. The van der Waals surface area contributed by atoms with Crippen LogP contribution in [0.4, 0.5) is 0 Å². The quantitative estimate of drug-likeness (QED) is 0.247. The molecule has 3 rings (SSSR count). The van der Waals surface area contributed by atoms with E-state index in [1.807, 2.05) is 27.3 Å². The van der Waals surface area contributed by atoms with Gasteiger partial charge in [0, 0.05) is 45.3 Å². The summed E-state index contributed by atoms with van der Waals surface area (Å²) in [5, 5.41) is 2.29. The summed E-state index contributed by atoms with van der Waals surface area (Å²) in [5.74, 6) is 5.01. The highest BCUT2D eigenvalue weighted by Crippen LogP contribution is 2.28. The standard InChI is InChI=1S/C16H13IN2O4S/c17-24-23-7-1-2-10-3-4-12-11(8-10)9-19(16(12)22)13-5-6-14(20)18-15(13)21/h3-4,8,13H,5-7,9H2,(H,18,20,21). The van der Waals surface area contributed by atoms with E-state index in [1.54, 1.807) is 12.1 Å². The maximum atomic E-state index is 12.5. The number of halogens is 1. The fourth-order valence-electron chi connectivity index (χ4n) is 2.84. The van der Waals surface area contributed by atoms with E-state index >= 15 is 0 Å². The highest BCUT2D eigenvalue weighted by molar-refractivity contribution is 14.2. The van der Waals surface area contributed by atoms with Crippen molar-refractivity contribution in [2.45, 2.75) is 25.4 Å². The van der Waals surface area contributed by atoms with Crippen LogP contribution in [0.2, 0.25) is 0 Å². The van der Waals surface area contributed by atoms with Crippen molar-refractivity contribution in [1.29, 1.82) is 0 Å². The first-order chi connectivity index (χ1) is 11.6. The van der Waals surface area contributed by atoms with Gasteiger partial charge in [0.05, 0.1) is 9.21 Å². The van der Waals surface area contributed by atoms with Gasteiger partial charge in [0.15, 0.2) is 0 Å². The van der Waals surface area contributed by atoms with Crippen LogP contribution in [0.15, 0.2) is 18.2 Å². The number of hydrogen-bond acceptors (Lipinski definition) is 5. The number of fused-ring (bicyclic) bond motifs is 1. The topological polar surface area (TPSA) is 75.7 Å². The van der Waals surface area contributed by atoms with E-state index in [-0.39, 0.29) is 18.2 Å². The smallest absolute Gasteiger partial charge is 0.255 e. The lowest BCUT2D eigenvalue weighted by Gasteiger charge is -2.29. The van der Waals surface area contributed by atoms with Crippen molar-refractivity contribution >= 4 is 48.1 Å². The molecule has 2 aliphatic heterocycles. The van der Waals surface area contributed by atoms with Crippen molar-refractivity contribution in [3.05, 3.63) is 34.9 Å². The van der Waals surface area contributed by atoms with Crippen LogP contribution < -0.4 is 5.32 Å². The lowest BCUT2D eigenvalue weighted by atomic mass is 10.0. The number of nitrogens with zero attached hydrogens (tertiary/aromatic N) is 1. The van der Waals surface area contributed by atoms with Gasteiger partial charge in [-0.05, 0) is 30.2 Å². The Morgan fingerprint density at radius 2 is 2.21 bits per heavy atom. The minimum Gasteiger partial charge on any atom is -0.322 e. The number of carbonyl (C=O) groups is 3. The van der Waals surface area contributed by atoms with Crippen molar-refractivity contribution in [2.75, 3.05) is 6.61 Å². The van der Waals surface area contributed by atoms with Gasteiger partial charge in [-0.25, -0.2) is 0 Å². The first kappa shape index (κ1) is 17.3. The predicted octanol–water partition coefficient (Wildman–Crippen LogP) is 1.81. The minimum atomic E-state index is -0.591. The Morgan fingerprint density at radius 3 is 2.96 bits per heavy atom. The van der Waals surface area contributed by atoms with Crippen molar-refractivity contribution in [1.82, 2.24) is 10.2 Å². The van der Waals surface area contributed by atoms with Crippen molar-refractivity contribution < 1.29 is 18.6 Å². The Balaban J connectivity index is 1.76. The van der Waals surface area contributed by atoms with Gasteiger partial charge in [-0.15, -0.1) is 0 Å². The van der Waals surface area contributed by atoms with Crippen LogP contribution in [0.1, 0.15) is 34.3 Å². The molecule has 8 heteroatoms. The number of rotatable bonds is 3. The molecule has 124 valence electrons. The molecule has 1 fully saturated rings. The van der Waals surface area contributed by atoms with Crippen LogP contribution in [-0.4, -0.2) is 35.3 Å². The molecule has 0 aliphatic carbocycles. The van der Waals surface area contributed by atoms with E-state index < -0.39 is 11.9 Å². The molecule has 1 N–H and O–H groups in total. The average molecular weight is 456 g/mol. The van der Waals surface area contributed by atoms with Crippen molar-refractivity contribution in [2.24, 2.45) is 0 Å². The summed E-state index contributed by atoms with van der Waals surface area (Å²) in [7, 11) is 1.23. The van der Waals surface area contributed by atoms with Gasteiger partial charge in [0.25, 0.3) is 5.91 Å². The molecule has 0 bridgehead atoms. The fourth-order valence-corrected chi connectivity index (χ4v) is 3.33. The Hall–Kier alpha value is -1.57. The molecule has 1 atom stereocenters. The monoisotopic (exact) mass is 456 g/mol. The van der Waals surface area contributed by atoms with Crippen LogP contribution in [0.3, 0.4) is 0 Å². The fraction of sp³-hybridized carbons (Fsp3) is 0.312. The van der Waals surface area contributed by atoms with E-state index in [9.17, 15) is 14.4 Å². The summed E-state index contributed by atoms with van der Waals surface area (Å²) in [5.41, 5.74) is 2.23. The number of imide groups is 1. The zero-order chi connectivity index (χ0) is 17.1. The maximum Gasteiger partial charge on any atom is 0.255 e. The summed E-state index contributed by atoms with van der Waals surface area (Å²) in [6.45, 7) is 0.683. The molecule has 3 amide bonds. The van der Waals surface area contributed by atoms with Gasteiger partial charge in [-0.2, -0.15) is 0 Å². The van der Waals surface area contributed by atoms with Crippen LogP contribution in [-0.2, 0) is 20.3 Å². The second-order valence-corrected chi connectivity index (χ2v) is 6.84. The van der Waals surface area contributed by atoms with E-state index in [0.29, 0.717) is 25.1 Å². The van der Waals surface area contributed by atoms with E-state index in [4.69, 9.17) is 4.18 Å². The van der Waals surface area contributed by atoms with Gasteiger partial charge in [-0.3, -0.25) is 23.9 Å². The molecular formula is C16H13IN2O4S. The Morgan fingerprint density at radius 1 is 1.38 bits per heavy atom. The molecule has 2 heterocycles. The van der Waals surface area contributed by atoms with Crippen LogP contribution in [0, 0.1) is 11.8 Å². The summed E-state index contributed by atoms with van der Waals surface area (Å²) >= 11 is 2.02. The molecule has 6 nitrogen and oxygen atoms in total. The van der Waals surface area contributed by atoms with Gasteiger partial charge < -0.3 is 4.90 Å². The molecule has 1 unspecified atom stereocenters. The molecule has 2 aliphatic rings. The summed E-state index contributed by atoms with van der Waals surface area (Å²) in [4.78, 5) is 37.3. The summed E-state index contributed by atoms with van der Waals surface area (Å²) in [6.07, 6.45) is 0.616. The van der Waals surface area contributed by atoms with E-state index in [0.717, 1.165) is 11.1 Å². The largest absolute Gasteiger partial charge is 0.322 e. The van der Waals surface area contributed by atoms with E-state index in [2.05, 4.69) is 17.2 Å². The zero-order valence-electron chi connectivity index (χ0n) is 12.5. The van der Waals surface area contributed by atoms with Crippen LogP contribution in [0.25, 0.3) is 0 Å². The van der Waals surface area contributed by atoms with Crippen LogP contribution in [0.5, 0.6) is 0 Å². The Bertz CT molecular complexity index is 771. The second kappa shape index (κ2) is 7.55. The molecule has 1 aromatic carbocycles. The first-order valence-electron chi connectivity index (χ1n) is 7.27. The number of carbonyl (C=O) groups excluding carboxylic acids is 3. The Kier molecular flexibility index (Phi) is 5.43. The molecule has 0 aromatic heterocycles. The Labute approximate surface area is 155 Å². The summed E-state index contributed by atoms with van der Waals surface area (Å²) in [6, 6.07) is 4.80.